The van der Waals surface area contributed by atoms with Crippen molar-refractivity contribution in [2.75, 3.05) is 13.7 Å². The van der Waals surface area contributed by atoms with E-state index in [4.69, 9.17) is 9.47 Å². The Morgan fingerprint density at radius 3 is 2.30 bits per heavy atom. The fourth-order valence-electron chi connectivity index (χ4n) is 1.99. The highest BCUT2D eigenvalue weighted by atomic mass is 16.5. The summed E-state index contributed by atoms with van der Waals surface area (Å²) in [6.45, 7) is 3.68. The first kappa shape index (κ1) is 14.4. The van der Waals surface area contributed by atoms with Gasteiger partial charge in [-0.2, -0.15) is 0 Å². The molecular weight excluding hydrogens is 250 g/mol. The van der Waals surface area contributed by atoms with E-state index in [1.54, 1.807) is 7.11 Å². The monoisotopic (exact) mass is 271 g/mol. The van der Waals surface area contributed by atoms with Crippen LogP contribution in [0.25, 0.3) is 0 Å². The minimum absolute atomic E-state index is 0.0787. The molecule has 0 fully saturated rings. The van der Waals surface area contributed by atoms with E-state index in [1.807, 2.05) is 49.4 Å². The van der Waals surface area contributed by atoms with E-state index in [0.717, 1.165) is 24.6 Å². The lowest BCUT2D eigenvalue weighted by Crippen LogP contribution is -2.28. The van der Waals surface area contributed by atoms with Crippen LogP contribution in [0.1, 0.15) is 12.5 Å². The molecule has 106 valence electrons. The zero-order valence-electron chi connectivity index (χ0n) is 12.0. The van der Waals surface area contributed by atoms with Gasteiger partial charge in [-0.15, -0.1) is 0 Å². The Morgan fingerprint density at radius 2 is 1.60 bits per heavy atom. The number of methoxy groups -OCH3 is 1. The van der Waals surface area contributed by atoms with Gasteiger partial charge >= 0.3 is 0 Å². The van der Waals surface area contributed by atoms with Crippen LogP contribution in [0.15, 0.2) is 54.6 Å². The normalized spacial score (nSPS) is 11.9. The molecule has 20 heavy (non-hydrogen) atoms. The quantitative estimate of drug-likeness (QED) is 0.838. The van der Waals surface area contributed by atoms with E-state index in [0.29, 0.717) is 0 Å². The molecule has 2 rings (SSSR count). The Labute approximate surface area is 120 Å². The third kappa shape index (κ3) is 4.28. The van der Waals surface area contributed by atoms with Crippen LogP contribution in [-0.2, 0) is 6.54 Å². The Morgan fingerprint density at radius 1 is 0.950 bits per heavy atom. The largest absolute Gasteiger partial charge is 0.493 e. The number of nitrogens with one attached hydrogen (secondary N) is 1. The molecule has 0 heterocycles. The summed E-state index contributed by atoms with van der Waals surface area (Å²) in [4.78, 5) is 0. The number of hydrogen-bond donors (Lipinski definition) is 1. The third-order valence-corrected chi connectivity index (χ3v) is 3.00. The van der Waals surface area contributed by atoms with E-state index in [2.05, 4.69) is 17.4 Å². The molecule has 3 heteroatoms. The van der Waals surface area contributed by atoms with Crippen molar-refractivity contribution in [3.8, 4) is 11.5 Å². The van der Waals surface area contributed by atoms with Crippen molar-refractivity contribution in [2.45, 2.75) is 19.6 Å². The summed E-state index contributed by atoms with van der Waals surface area (Å²) in [7, 11) is 1.65. The van der Waals surface area contributed by atoms with Crippen molar-refractivity contribution < 1.29 is 9.47 Å². The summed E-state index contributed by atoms with van der Waals surface area (Å²) in [6.07, 6.45) is 0.0787. The molecule has 0 spiro atoms. The number of para-hydroxylation sites is 2. The van der Waals surface area contributed by atoms with Crippen LogP contribution in [-0.4, -0.2) is 19.8 Å². The zero-order chi connectivity index (χ0) is 14.2. The molecule has 0 bridgehead atoms. The van der Waals surface area contributed by atoms with Gasteiger partial charge in [0.2, 0.25) is 0 Å². The van der Waals surface area contributed by atoms with E-state index in [1.165, 1.54) is 5.56 Å². The average molecular weight is 271 g/mol. The fraction of sp³-hybridized carbons (Fsp3) is 0.294. The molecule has 0 aliphatic rings. The van der Waals surface area contributed by atoms with Crippen LogP contribution in [0.5, 0.6) is 11.5 Å². The Bertz CT molecular complexity index is 513. The van der Waals surface area contributed by atoms with E-state index in [-0.39, 0.29) is 6.10 Å². The molecule has 1 atom stereocenters. The fourth-order valence-corrected chi connectivity index (χ4v) is 1.99. The summed E-state index contributed by atoms with van der Waals surface area (Å²) in [6, 6.07) is 18.0. The molecule has 1 N–H and O–H groups in total. The topological polar surface area (TPSA) is 30.5 Å². The summed E-state index contributed by atoms with van der Waals surface area (Å²) in [5.41, 5.74) is 1.27. The van der Waals surface area contributed by atoms with Crippen molar-refractivity contribution in [3.63, 3.8) is 0 Å². The highest BCUT2D eigenvalue weighted by Gasteiger charge is 2.07. The van der Waals surface area contributed by atoms with Gasteiger partial charge < -0.3 is 14.8 Å². The lowest BCUT2D eigenvalue weighted by molar-refractivity contribution is 0.207. The minimum Gasteiger partial charge on any atom is -0.493 e. The van der Waals surface area contributed by atoms with Crippen LogP contribution in [0.3, 0.4) is 0 Å². The van der Waals surface area contributed by atoms with E-state index in [9.17, 15) is 0 Å². The van der Waals surface area contributed by atoms with Crippen LogP contribution < -0.4 is 14.8 Å². The summed E-state index contributed by atoms with van der Waals surface area (Å²) >= 11 is 0. The van der Waals surface area contributed by atoms with Gasteiger partial charge in [0.05, 0.1) is 7.11 Å². The SMILES string of the molecule is COc1ccccc1OC(C)CNCc1ccccc1. The highest BCUT2D eigenvalue weighted by Crippen LogP contribution is 2.26. The Balaban J connectivity index is 1.79. The van der Waals surface area contributed by atoms with Gasteiger partial charge in [-0.05, 0) is 24.6 Å². The van der Waals surface area contributed by atoms with E-state index >= 15 is 0 Å². The molecule has 0 aromatic heterocycles. The molecular formula is C17H21NO2. The molecule has 0 saturated carbocycles. The molecule has 1 unspecified atom stereocenters. The van der Waals surface area contributed by atoms with Gasteiger partial charge in [-0.3, -0.25) is 0 Å². The summed E-state index contributed by atoms with van der Waals surface area (Å²) in [5, 5.41) is 3.39. The zero-order valence-corrected chi connectivity index (χ0v) is 12.0. The molecule has 2 aromatic rings. The van der Waals surface area contributed by atoms with Crippen LogP contribution >= 0.6 is 0 Å². The van der Waals surface area contributed by atoms with Crippen molar-refractivity contribution in [1.82, 2.24) is 5.32 Å². The molecule has 3 nitrogen and oxygen atoms in total. The number of rotatable bonds is 7. The van der Waals surface area contributed by atoms with Crippen LogP contribution in [0.2, 0.25) is 0 Å². The molecule has 0 aliphatic heterocycles. The summed E-state index contributed by atoms with van der Waals surface area (Å²) < 4.78 is 11.2. The lowest BCUT2D eigenvalue weighted by atomic mass is 10.2. The number of benzene rings is 2. The minimum atomic E-state index is 0.0787. The van der Waals surface area contributed by atoms with Crippen LogP contribution in [0, 0.1) is 0 Å². The molecule has 0 radical (unpaired) electrons. The Kier molecular flexibility index (Phi) is 5.44. The first-order chi connectivity index (χ1) is 9.79. The number of ether oxygens (including phenoxy) is 2. The average Bonchev–Trinajstić information content (AvgIpc) is 2.49. The molecule has 0 saturated heterocycles. The maximum absolute atomic E-state index is 5.89. The van der Waals surface area contributed by atoms with Crippen LogP contribution in [0.4, 0.5) is 0 Å². The van der Waals surface area contributed by atoms with Gasteiger partial charge in [-0.1, -0.05) is 42.5 Å². The predicted molar refractivity (Wildman–Crippen MR) is 81.2 cm³/mol. The van der Waals surface area contributed by atoms with Gasteiger partial charge in [0, 0.05) is 13.1 Å². The molecule has 2 aromatic carbocycles. The van der Waals surface area contributed by atoms with Crippen molar-refractivity contribution in [2.24, 2.45) is 0 Å². The van der Waals surface area contributed by atoms with Crippen molar-refractivity contribution >= 4 is 0 Å². The molecule has 0 amide bonds. The standard InChI is InChI=1S/C17H21NO2/c1-14(12-18-13-15-8-4-3-5-9-15)20-17-11-7-6-10-16(17)19-2/h3-11,14,18H,12-13H2,1-2H3. The van der Waals surface area contributed by atoms with Gasteiger partial charge in [0.1, 0.15) is 6.10 Å². The second-order valence-electron chi connectivity index (χ2n) is 4.70. The second-order valence-corrected chi connectivity index (χ2v) is 4.70. The first-order valence-corrected chi connectivity index (χ1v) is 6.84. The lowest BCUT2D eigenvalue weighted by Gasteiger charge is -2.17. The number of hydrogen-bond acceptors (Lipinski definition) is 3. The molecule has 0 aliphatic carbocycles. The predicted octanol–water partition coefficient (Wildman–Crippen LogP) is 3.25. The highest BCUT2D eigenvalue weighted by molar-refractivity contribution is 5.39. The Hall–Kier alpha value is -2.00. The first-order valence-electron chi connectivity index (χ1n) is 6.84. The van der Waals surface area contributed by atoms with Crippen molar-refractivity contribution in [1.29, 1.82) is 0 Å². The summed E-state index contributed by atoms with van der Waals surface area (Å²) in [5.74, 6) is 1.55. The van der Waals surface area contributed by atoms with Gasteiger partial charge in [-0.25, -0.2) is 0 Å². The maximum Gasteiger partial charge on any atom is 0.161 e. The van der Waals surface area contributed by atoms with Gasteiger partial charge in [0.25, 0.3) is 0 Å². The maximum atomic E-state index is 5.89. The van der Waals surface area contributed by atoms with Gasteiger partial charge in [0.15, 0.2) is 11.5 Å². The van der Waals surface area contributed by atoms with E-state index < -0.39 is 0 Å². The van der Waals surface area contributed by atoms with Crippen molar-refractivity contribution in [3.05, 3.63) is 60.2 Å². The second kappa shape index (κ2) is 7.56. The third-order valence-electron chi connectivity index (χ3n) is 3.00. The smallest absolute Gasteiger partial charge is 0.161 e.